The maximum Gasteiger partial charge on any atom is 0.252 e. The second kappa shape index (κ2) is 14.8. The van der Waals surface area contributed by atoms with E-state index >= 15 is 0 Å². The lowest BCUT2D eigenvalue weighted by Crippen LogP contribution is -2.31. The monoisotopic (exact) mass is 524 g/mol. The number of nitrogens with one attached hydrogen (secondary N) is 1. The molecule has 0 bridgehead atoms. The number of primary amides is 1. The zero-order valence-electron chi connectivity index (χ0n) is 21.8. The minimum Gasteiger partial charge on any atom is -0.507 e. The Morgan fingerprint density at radius 3 is 2.29 bits per heavy atom. The number of carbonyl (C=O) groups is 1. The number of carbonyl (C=O) groups excluding carboxylic acids is 1. The SMILES string of the molecule is COCCOc1ccc(OCC(O)CNCc2ccccc2C(C)COc2ccc(O)c(C(N)=O)c2)cc1. The van der Waals surface area contributed by atoms with Crippen LogP contribution in [-0.2, 0) is 11.3 Å². The summed E-state index contributed by atoms with van der Waals surface area (Å²) in [7, 11) is 1.62. The first-order valence-corrected chi connectivity index (χ1v) is 12.4. The normalized spacial score (nSPS) is 12.5. The maximum atomic E-state index is 11.5. The van der Waals surface area contributed by atoms with E-state index in [-0.39, 0.29) is 23.8 Å². The van der Waals surface area contributed by atoms with Crippen molar-refractivity contribution in [3.05, 3.63) is 83.4 Å². The summed E-state index contributed by atoms with van der Waals surface area (Å²) < 4.78 is 22.0. The number of hydrogen-bond acceptors (Lipinski definition) is 8. The number of hydrogen-bond donors (Lipinski definition) is 4. The first-order chi connectivity index (χ1) is 18.4. The third-order valence-electron chi connectivity index (χ3n) is 5.84. The number of aromatic hydroxyl groups is 1. The Morgan fingerprint density at radius 2 is 1.58 bits per heavy atom. The molecular formula is C29H36N2O7. The summed E-state index contributed by atoms with van der Waals surface area (Å²) in [5.74, 6) is 0.991. The van der Waals surface area contributed by atoms with Crippen molar-refractivity contribution in [3.63, 3.8) is 0 Å². The van der Waals surface area contributed by atoms with Crippen molar-refractivity contribution in [1.29, 1.82) is 0 Å². The minimum absolute atomic E-state index is 0.0197. The summed E-state index contributed by atoms with van der Waals surface area (Å²) in [4.78, 5) is 11.5. The molecule has 2 unspecified atom stereocenters. The van der Waals surface area contributed by atoms with Gasteiger partial charge in [-0.05, 0) is 53.6 Å². The highest BCUT2D eigenvalue weighted by molar-refractivity contribution is 5.95. The van der Waals surface area contributed by atoms with Crippen molar-refractivity contribution in [2.45, 2.75) is 25.5 Å². The van der Waals surface area contributed by atoms with Crippen molar-refractivity contribution < 1.29 is 34.0 Å². The highest BCUT2D eigenvalue weighted by atomic mass is 16.5. The van der Waals surface area contributed by atoms with Gasteiger partial charge in [0.2, 0.25) is 0 Å². The van der Waals surface area contributed by atoms with Gasteiger partial charge in [-0.1, -0.05) is 31.2 Å². The summed E-state index contributed by atoms with van der Waals surface area (Å²) in [5, 5.41) is 23.4. The zero-order valence-corrected chi connectivity index (χ0v) is 21.8. The molecule has 38 heavy (non-hydrogen) atoms. The van der Waals surface area contributed by atoms with Gasteiger partial charge in [0.1, 0.15) is 42.3 Å². The third kappa shape index (κ3) is 8.95. The van der Waals surface area contributed by atoms with Crippen LogP contribution in [0, 0.1) is 0 Å². The third-order valence-corrected chi connectivity index (χ3v) is 5.84. The average Bonchev–Trinajstić information content (AvgIpc) is 2.92. The quantitative estimate of drug-likeness (QED) is 0.210. The molecule has 1 amide bonds. The van der Waals surface area contributed by atoms with Crippen LogP contribution in [0.25, 0.3) is 0 Å². The highest BCUT2D eigenvalue weighted by Crippen LogP contribution is 2.25. The van der Waals surface area contributed by atoms with Crippen molar-refractivity contribution in [2.75, 3.05) is 40.1 Å². The Hall–Kier alpha value is -3.79. The molecule has 5 N–H and O–H groups in total. The van der Waals surface area contributed by atoms with Gasteiger partial charge in [0.05, 0.1) is 18.8 Å². The molecule has 3 aromatic rings. The minimum atomic E-state index is -0.716. The van der Waals surface area contributed by atoms with Crippen LogP contribution in [0.5, 0.6) is 23.0 Å². The van der Waals surface area contributed by atoms with Crippen molar-refractivity contribution in [1.82, 2.24) is 5.32 Å². The highest BCUT2D eigenvalue weighted by Gasteiger charge is 2.14. The van der Waals surface area contributed by atoms with Gasteiger partial charge in [0.15, 0.2) is 0 Å². The van der Waals surface area contributed by atoms with Crippen LogP contribution in [0.3, 0.4) is 0 Å². The molecule has 3 aromatic carbocycles. The molecule has 0 heterocycles. The molecule has 0 aliphatic carbocycles. The van der Waals surface area contributed by atoms with Crippen molar-refractivity contribution >= 4 is 5.91 Å². The fraction of sp³-hybridized carbons (Fsp3) is 0.345. The number of rotatable bonds is 16. The van der Waals surface area contributed by atoms with Gasteiger partial charge in [0, 0.05) is 26.1 Å². The number of aliphatic hydroxyl groups excluding tert-OH is 1. The van der Waals surface area contributed by atoms with Crippen LogP contribution in [0.2, 0.25) is 0 Å². The van der Waals surface area contributed by atoms with Gasteiger partial charge in [-0.2, -0.15) is 0 Å². The van der Waals surface area contributed by atoms with Gasteiger partial charge in [-0.15, -0.1) is 0 Å². The van der Waals surface area contributed by atoms with E-state index < -0.39 is 12.0 Å². The summed E-state index contributed by atoms with van der Waals surface area (Å²) >= 11 is 0. The second-order valence-corrected chi connectivity index (χ2v) is 8.86. The Bertz CT molecular complexity index is 1150. The van der Waals surface area contributed by atoms with Crippen LogP contribution in [-0.4, -0.2) is 62.3 Å². The Morgan fingerprint density at radius 1 is 0.921 bits per heavy atom. The molecule has 3 rings (SSSR count). The van der Waals surface area contributed by atoms with E-state index in [1.165, 1.54) is 12.1 Å². The fourth-order valence-corrected chi connectivity index (χ4v) is 3.79. The van der Waals surface area contributed by atoms with Crippen molar-refractivity contribution in [2.24, 2.45) is 5.73 Å². The molecule has 0 saturated heterocycles. The fourth-order valence-electron chi connectivity index (χ4n) is 3.79. The number of aliphatic hydroxyl groups is 1. The van der Waals surface area contributed by atoms with E-state index in [4.69, 9.17) is 24.7 Å². The molecule has 0 fully saturated rings. The lowest BCUT2D eigenvalue weighted by Gasteiger charge is -2.19. The van der Waals surface area contributed by atoms with Gasteiger partial charge < -0.3 is 40.2 Å². The van der Waals surface area contributed by atoms with E-state index in [9.17, 15) is 15.0 Å². The number of phenols is 1. The van der Waals surface area contributed by atoms with Crippen LogP contribution in [0.4, 0.5) is 0 Å². The molecule has 0 spiro atoms. The summed E-state index contributed by atoms with van der Waals surface area (Å²) in [6.45, 7) is 4.50. The number of amides is 1. The standard InChI is InChI=1S/C29H36N2O7/c1-20(18-37-25-11-12-28(33)27(15-25)29(30)34)26-6-4-3-5-21(26)16-31-17-22(32)19-38-24-9-7-23(8-10-24)36-14-13-35-2/h3-12,15,20,22,31-33H,13-14,16-19H2,1-2H3,(H2,30,34). The number of ether oxygens (including phenoxy) is 4. The first kappa shape index (κ1) is 28.8. The van der Waals surface area contributed by atoms with E-state index in [0.29, 0.717) is 44.4 Å². The molecule has 204 valence electrons. The van der Waals surface area contributed by atoms with E-state index in [0.717, 1.165) is 16.9 Å². The molecule has 9 heteroatoms. The predicted molar refractivity (Wildman–Crippen MR) is 144 cm³/mol. The number of benzene rings is 3. The summed E-state index contributed by atoms with van der Waals surface area (Å²) in [5.41, 5.74) is 7.51. The largest absolute Gasteiger partial charge is 0.507 e. The molecule has 0 aliphatic heterocycles. The maximum absolute atomic E-state index is 11.5. The van der Waals surface area contributed by atoms with E-state index in [1.54, 1.807) is 25.3 Å². The van der Waals surface area contributed by atoms with Gasteiger partial charge in [-0.25, -0.2) is 0 Å². The van der Waals surface area contributed by atoms with Crippen molar-refractivity contribution in [3.8, 4) is 23.0 Å². The Labute approximate surface area is 223 Å². The van der Waals surface area contributed by atoms with E-state index in [2.05, 4.69) is 5.32 Å². The van der Waals surface area contributed by atoms with Crippen LogP contribution in [0.1, 0.15) is 34.3 Å². The average molecular weight is 525 g/mol. The first-order valence-electron chi connectivity index (χ1n) is 12.4. The van der Waals surface area contributed by atoms with Gasteiger partial charge >= 0.3 is 0 Å². The lowest BCUT2D eigenvalue weighted by atomic mass is 9.96. The second-order valence-electron chi connectivity index (χ2n) is 8.86. The smallest absolute Gasteiger partial charge is 0.252 e. The Balaban J connectivity index is 1.44. The topological polar surface area (TPSA) is 132 Å². The molecule has 2 atom stereocenters. The summed E-state index contributed by atoms with van der Waals surface area (Å²) in [6, 6.07) is 19.7. The number of methoxy groups -OCH3 is 1. The predicted octanol–water partition coefficient (Wildman–Crippen LogP) is 3.23. The molecule has 9 nitrogen and oxygen atoms in total. The van der Waals surface area contributed by atoms with Gasteiger partial charge in [0.25, 0.3) is 5.91 Å². The zero-order chi connectivity index (χ0) is 27.3. The number of nitrogens with two attached hydrogens (primary N) is 1. The van der Waals surface area contributed by atoms with Crippen LogP contribution >= 0.6 is 0 Å². The molecular weight excluding hydrogens is 488 g/mol. The van der Waals surface area contributed by atoms with Crippen LogP contribution < -0.4 is 25.3 Å². The Kier molecular flexibility index (Phi) is 11.2. The lowest BCUT2D eigenvalue weighted by molar-refractivity contribution is 0.0997. The van der Waals surface area contributed by atoms with Gasteiger partial charge in [-0.3, -0.25) is 4.79 Å². The molecule has 0 aliphatic rings. The van der Waals surface area contributed by atoms with Crippen LogP contribution in [0.15, 0.2) is 66.7 Å². The molecule has 0 aromatic heterocycles. The van der Waals surface area contributed by atoms with E-state index in [1.807, 2.05) is 43.3 Å². The molecule has 0 saturated carbocycles. The molecule has 0 radical (unpaired) electrons. The summed E-state index contributed by atoms with van der Waals surface area (Å²) in [6.07, 6.45) is -0.686.